The van der Waals surface area contributed by atoms with Gasteiger partial charge in [0.25, 0.3) is 0 Å². The summed E-state index contributed by atoms with van der Waals surface area (Å²) in [6.45, 7) is 0. The van der Waals surface area contributed by atoms with Crippen LogP contribution in [-0.2, 0) is 31.7 Å². The summed E-state index contributed by atoms with van der Waals surface area (Å²) < 4.78 is 31.8. The first-order valence-electron chi connectivity index (χ1n) is 7.66. The lowest BCUT2D eigenvalue weighted by Gasteiger charge is -2.16. The minimum atomic E-state index is -3.64. The molecule has 2 aromatic carbocycles. The zero-order valence-electron chi connectivity index (χ0n) is 13.5. The zero-order valence-corrected chi connectivity index (χ0v) is 14.3. The van der Waals surface area contributed by atoms with E-state index in [1.165, 1.54) is 7.11 Å². The quantitative estimate of drug-likeness (QED) is 0.744. The highest BCUT2D eigenvalue weighted by Crippen LogP contribution is 2.10. The van der Waals surface area contributed by atoms with Gasteiger partial charge in [0.1, 0.15) is 6.04 Å². The number of sulfonamides is 1. The maximum absolute atomic E-state index is 12.3. The van der Waals surface area contributed by atoms with Gasteiger partial charge in [-0.2, -0.15) is 0 Å². The van der Waals surface area contributed by atoms with Gasteiger partial charge in [0.15, 0.2) is 0 Å². The third kappa shape index (κ3) is 5.79. The number of carbonyl (C=O) groups is 1. The summed E-state index contributed by atoms with van der Waals surface area (Å²) >= 11 is 0. The van der Waals surface area contributed by atoms with Gasteiger partial charge < -0.3 is 4.74 Å². The predicted octanol–water partition coefficient (Wildman–Crippen LogP) is 2.28. The molecule has 128 valence electrons. The summed E-state index contributed by atoms with van der Waals surface area (Å²) in [6, 6.07) is 17.5. The second-order valence-electron chi connectivity index (χ2n) is 5.46. The maximum Gasteiger partial charge on any atom is 0.323 e. The Labute approximate surface area is 142 Å². The molecule has 0 aliphatic rings. The first-order valence-corrected chi connectivity index (χ1v) is 9.31. The number of aryl methyl sites for hydroxylation is 1. The number of hydrogen-bond donors (Lipinski definition) is 1. The molecule has 0 heterocycles. The molecule has 0 aliphatic carbocycles. The predicted molar refractivity (Wildman–Crippen MR) is 92.8 cm³/mol. The Balaban J connectivity index is 2.03. The fourth-order valence-electron chi connectivity index (χ4n) is 2.37. The fourth-order valence-corrected chi connectivity index (χ4v) is 3.74. The minimum Gasteiger partial charge on any atom is -0.468 e. The second kappa shape index (κ2) is 8.61. The molecule has 0 aliphatic heterocycles. The number of rotatable bonds is 8. The van der Waals surface area contributed by atoms with Crippen molar-refractivity contribution < 1.29 is 17.9 Å². The minimum absolute atomic E-state index is 0.174. The standard InChI is InChI=1S/C18H21NO4S/c1-23-18(20)17(13-12-15-8-4-2-5-9-15)19-24(21,22)14-16-10-6-3-7-11-16/h2-11,17,19H,12-14H2,1H3/t17-/m1/s1. The molecule has 0 fully saturated rings. The molecule has 0 unspecified atom stereocenters. The molecule has 2 rings (SSSR count). The maximum atomic E-state index is 12.3. The van der Waals surface area contributed by atoms with Crippen LogP contribution in [0.3, 0.4) is 0 Å². The van der Waals surface area contributed by atoms with Crippen molar-refractivity contribution >= 4 is 16.0 Å². The Bertz CT molecular complexity index is 745. The van der Waals surface area contributed by atoms with Crippen LogP contribution < -0.4 is 4.72 Å². The van der Waals surface area contributed by atoms with Crippen molar-refractivity contribution in [3.05, 3.63) is 71.8 Å². The van der Waals surface area contributed by atoms with Crippen LogP contribution in [0.4, 0.5) is 0 Å². The van der Waals surface area contributed by atoms with Crippen molar-refractivity contribution in [2.75, 3.05) is 7.11 Å². The van der Waals surface area contributed by atoms with Gasteiger partial charge in [-0.1, -0.05) is 60.7 Å². The Morgan fingerprint density at radius 2 is 1.54 bits per heavy atom. The highest BCUT2D eigenvalue weighted by Gasteiger charge is 2.25. The van der Waals surface area contributed by atoms with Gasteiger partial charge in [-0.15, -0.1) is 0 Å². The Kier molecular flexibility index (Phi) is 6.52. The number of ether oxygens (including phenoxy) is 1. The van der Waals surface area contributed by atoms with Crippen molar-refractivity contribution in [2.24, 2.45) is 0 Å². The van der Waals surface area contributed by atoms with E-state index in [-0.39, 0.29) is 5.75 Å². The highest BCUT2D eigenvalue weighted by atomic mass is 32.2. The van der Waals surface area contributed by atoms with E-state index in [2.05, 4.69) is 4.72 Å². The van der Waals surface area contributed by atoms with E-state index in [0.717, 1.165) is 5.56 Å². The Morgan fingerprint density at radius 3 is 2.08 bits per heavy atom. The van der Waals surface area contributed by atoms with Crippen molar-refractivity contribution in [1.29, 1.82) is 0 Å². The molecule has 0 amide bonds. The van der Waals surface area contributed by atoms with Crippen LogP contribution in [0.1, 0.15) is 17.5 Å². The van der Waals surface area contributed by atoms with E-state index in [1.54, 1.807) is 24.3 Å². The monoisotopic (exact) mass is 347 g/mol. The van der Waals surface area contributed by atoms with Gasteiger partial charge in [0, 0.05) is 0 Å². The summed E-state index contributed by atoms with van der Waals surface area (Å²) in [5, 5.41) is 0. The Morgan fingerprint density at radius 1 is 1.00 bits per heavy atom. The molecule has 1 atom stereocenters. The van der Waals surface area contributed by atoms with Crippen molar-refractivity contribution in [3.63, 3.8) is 0 Å². The molecule has 0 saturated carbocycles. The van der Waals surface area contributed by atoms with Crippen molar-refractivity contribution in [1.82, 2.24) is 4.72 Å². The zero-order chi connectivity index (χ0) is 17.4. The number of carbonyl (C=O) groups excluding carboxylic acids is 1. The second-order valence-corrected chi connectivity index (χ2v) is 7.22. The van der Waals surface area contributed by atoms with Crippen LogP contribution in [-0.4, -0.2) is 27.5 Å². The molecule has 2 aromatic rings. The van der Waals surface area contributed by atoms with Crippen LogP contribution in [0.5, 0.6) is 0 Å². The number of esters is 1. The van der Waals surface area contributed by atoms with E-state index < -0.39 is 22.0 Å². The molecule has 0 radical (unpaired) electrons. The number of nitrogens with one attached hydrogen (secondary N) is 1. The van der Waals surface area contributed by atoms with Crippen LogP contribution >= 0.6 is 0 Å². The van der Waals surface area contributed by atoms with Crippen LogP contribution in [0, 0.1) is 0 Å². The lowest BCUT2D eigenvalue weighted by atomic mass is 10.1. The molecule has 1 N–H and O–H groups in total. The van der Waals surface area contributed by atoms with Gasteiger partial charge in [-0.05, 0) is 24.0 Å². The largest absolute Gasteiger partial charge is 0.468 e. The SMILES string of the molecule is COC(=O)[C@@H](CCc1ccccc1)NS(=O)(=O)Cc1ccccc1. The molecule has 0 spiro atoms. The average molecular weight is 347 g/mol. The van der Waals surface area contributed by atoms with Crippen molar-refractivity contribution in [2.45, 2.75) is 24.6 Å². The molecular weight excluding hydrogens is 326 g/mol. The summed E-state index contributed by atoms with van der Waals surface area (Å²) in [7, 11) is -2.39. The summed E-state index contributed by atoms with van der Waals surface area (Å²) in [5.41, 5.74) is 1.70. The van der Waals surface area contributed by atoms with Gasteiger partial charge in [-0.3, -0.25) is 4.79 Å². The topological polar surface area (TPSA) is 72.5 Å². The normalized spacial score (nSPS) is 12.5. The van der Waals surface area contributed by atoms with Gasteiger partial charge in [0.05, 0.1) is 12.9 Å². The third-order valence-electron chi connectivity index (χ3n) is 3.57. The van der Waals surface area contributed by atoms with Crippen LogP contribution in [0.25, 0.3) is 0 Å². The lowest BCUT2D eigenvalue weighted by molar-refractivity contribution is -0.142. The number of hydrogen-bond acceptors (Lipinski definition) is 4. The van der Waals surface area contributed by atoms with E-state index in [0.29, 0.717) is 18.4 Å². The first kappa shape index (κ1) is 18.2. The van der Waals surface area contributed by atoms with E-state index >= 15 is 0 Å². The highest BCUT2D eigenvalue weighted by molar-refractivity contribution is 7.88. The molecular formula is C18H21NO4S. The molecule has 0 saturated heterocycles. The fraction of sp³-hybridized carbons (Fsp3) is 0.278. The van der Waals surface area contributed by atoms with E-state index in [9.17, 15) is 13.2 Å². The third-order valence-corrected chi connectivity index (χ3v) is 4.93. The summed E-state index contributed by atoms with van der Waals surface area (Å²) in [6.07, 6.45) is 0.916. The average Bonchev–Trinajstić information content (AvgIpc) is 2.59. The van der Waals surface area contributed by atoms with Crippen LogP contribution in [0.15, 0.2) is 60.7 Å². The van der Waals surface area contributed by atoms with Gasteiger partial charge in [-0.25, -0.2) is 13.1 Å². The van der Waals surface area contributed by atoms with E-state index in [1.807, 2.05) is 36.4 Å². The smallest absolute Gasteiger partial charge is 0.323 e. The van der Waals surface area contributed by atoms with Crippen LogP contribution in [0.2, 0.25) is 0 Å². The molecule has 24 heavy (non-hydrogen) atoms. The summed E-state index contributed by atoms with van der Waals surface area (Å²) in [5.74, 6) is -0.755. The Hall–Kier alpha value is -2.18. The number of benzene rings is 2. The van der Waals surface area contributed by atoms with Gasteiger partial charge >= 0.3 is 5.97 Å². The molecule has 6 heteroatoms. The van der Waals surface area contributed by atoms with Crippen molar-refractivity contribution in [3.8, 4) is 0 Å². The number of methoxy groups -OCH3 is 1. The molecule has 5 nitrogen and oxygen atoms in total. The first-order chi connectivity index (χ1) is 11.5. The van der Waals surface area contributed by atoms with E-state index in [4.69, 9.17) is 4.74 Å². The summed E-state index contributed by atoms with van der Waals surface area (Å²) in [4.78, 5) is 11.9. The molecule has 0 bridgehead atoms. The lowest BCUT2D eigenvalue weighted by Crippen LogP contribution is -2.42. The van der Waals surface area contributed by atoms with Gasteiger partial charge in [0.2, 0.25) is 10.0 Å². The molecule has 0 aromatic heterocycles.